The van der Waals surface area contributed by atoms with Gasteiger partial charge in [-0.3, -0.25) is 0 Å². The molecule has 0 saturated carbocycles. The molecular weight excluding hydrogens is 318 g/mol. The number of benzene rings is 1. The Balaban J connectivity index is 2.24. The van der Waals surface area contributed by atoms with Gasteiger partial charge in [0.25, 0.3) is 0 Å². The lowest BCUT2D eigenvalue weighted by atomic mass is 10.1. The van der Waals surface area contributed by atoms with Gasteiger partial charge in [-0.05, 0) is 57.0 Å². The first-order valence-corrected chi connectivity index (χ1v) is 7.66. The molecule has 0 aliphatic rings. The normalized spacial score (nSPS) is 12.7. The van der Waals surface area contributed by atoms with Crippen molar-refractivity contribution in [2.24, 2.45) is 0 Å². The molecule has 1 atom stereocenters. The highest BCUT2D eigenvalue weighted by molar-refractivity contribution is 9.10. The van der Waals surface area contributed by atoms with Crippen molar-refractivity contribution < 1.29 is 4.52 Å². The monoisotopic (exact) mass is 337 g/mol. The second-order valence-corrected chi connectivity index (χ2v) is 5.85. The van der Waals surface area contributed by atoms with Gasteiger partial charge in [-0.15, -0.1) is 0 Å². The average Bonchev–Trinajstić information content (AvgIpc) is 2.91. The summed E-state index contributed by atoms with van der Waals surface area (Å²) in [5.74, 6) is 1.27. The highest BCUT2D eigenvalue weighted by Gasteiger charge is 2.15. The van der Waals surface area contributed by atoms with Crippen molar-refractivity contribution in [2.75, 3.05) is 6.54 Å². The van der Waals surface area contributed by atoms with Gasteiger partial charge in [-0.1, -0.05) is 28.0 Å². The van der Waals surface area contributed by atoms with Crippen LogP contribution in [0.1, 0.15) is 43.3 Å². The highest BCUT2D eigenvalue weighted by Crippen LogP contribution is 2.27. The molecule has 108 valence electrons. The summed E-state index contributed by atoms with van der Waals surface area (Å²) in [5, 5.41) is 7.43. The van der Waals surface area contributed by atoms with E-state index in [-0.39, 0.29) is 6.04 Å². The lowest BCUT2D eigenvalue weighted by molar-refractivity contribution is 0.340. The summed E-state index contributed by atoms with van der Waals surface area (Å²) in [6.45, 7) is 9.23. The maximum absolute atomic E-state index is 5.35. The van der Waals surface area contributed by atoms with E-state index in [0.29, 0.717) is 11.7 Å². The third-order valence-electron chi connectivity index (χ3n) is 3.21. The van der Waals surface area contributed by atoms with E-state index in [0.717, 1.165) is 23.0 Å². The molecule has 1 aromatic heterocycles. The van der Waals surface area contributed by atoms with Crippen LogP contribution in [0.2, 0.25) is 0 Å². The van der Waals surface area contributed by atoms with Crippen LogP contribution >= 0.6 is 15.9 Å². The first-order chi connectivity index (χ1) is 9.52. The Morgan fingerprint density at radius 3 is 2.55 bits per heavy atom. The Morgan fingerprint density at radius 2 is 1.95 bits per heavy atom. The average molecular weight is 338 g/mol. The predicted molar refractivity (Wildman–Crippen MR) is 83.6 cm³/mol. The number of nitrogens with one attached hydrogen (secondary N) is 1. The van der Waals surface area contributed by atoms with Gasteiger partial charge in [-0.25, -0.2) is 0 Å². The molecule has 0 aliphatic carbocycles. The van der Waals surface area contributed by atoms with E-state index in [4.69, 9.17) is 4.52 Å². The minimum atomic E-state index is 0.0776. The van der Waals surface area contributed by atoms with E-state index in [1.807, 2.05) is 6.92 Å². The Labute approximate surface area is 128 Å². The van der Waals surface area contributed by atoms with Crippen molar-refractivity contribution in [2.45, 2.75) is 40.2 Å². The van der Waals surface area contributed by atoms with Crippen molar-refractivity contribution in [3.05, 3.63) is 33.6 Å². The van der Waals surface area contributed by atoms with Gasteiger partial charge in [0.1, 0.15) is 0 Å². The summed E-state index contributed by atoms with van der Waals surface area (Å²) in [4.78, 5) is 4.49. The van der Waals surface area contributed by atoms with Gasteiger partial charge in [0.2, 0.25) is 11.7 Å². The SMILES string of the molecule is CCCNC(C)c1nc(-c2cc(C)c(Br)c(C)c2)no1. The minimum Gasteiger partial charge on any atom is -0.337 e. The highest BCUT2D eigenvalue weighted by atomic mass is 79.9. The lowest BCUT2D eigenvalue weighted by Gasteiger charge is -2.07. The van der Waals surface area contributed by atoms with Gasteiger partial charge in [-0.2, -0.15) is 4.98 Å². The molecule has 2 aromatic rings. The number of aromatic nitrogens is 2. The number of aryl methyl sites for hydroxylation is 2. The molecule has 0 radical (unpaired) electrons. The smallest absolute Gasteiger partial charge is 0.243 e. The lowest BCUT2D eigenvalue weighted by Crippen LogP contribution is -2.19. The van der Waals surface area contributed by atoms with Gasteiger partial charge in [0.05, 0.1) is 6.04 Å². The first kappa shape index (κ1) is 15.2. The minimum absolute atomic E-state index is 0.0776. The fourth-order valence-corrected chi connectivity index (χ4v) is 2.28. The van der Waals surface area contributed by atoms with E-state index in [2.05, 4.69) is 64.3 Å². The topological polar surface area (TPSA) is 51.0 Å². The quantitative estimate of drug-likeness (QED) is 0.889. The van der Waals surface area contributed by atoms with Gasteiger partial charge >= 0.3 is 0 Å². The van der Waals surface area contributed by atoms with Crippen LogP contribution in [0.4, 0.5) is 0 Å². The van der Waals surface area contributed by atoms with E-state index in [1.165, 1.54) is 11.1 Å². The van der Waals surface area contributed by atoms with Crippen molar-refractivity contribution >= 4 is 15.9 Å². The van der Waals surface area contributed by atoms with Crippen LogP contribution in [-0.4, -0.2) is 16.7 Å². The van der Waals surface area contributed by atoms with E-state index >= 15 is 0 Å². The molecule has 0 spiro atoms. The summed E-state index contributed by atoms with van der Waals surface area (Å²) in [7, 11) is 0. The number of hydrogen-bond acceptors (Lipinski definition) is 4. The fourth-order valence-electron chi connectivity index (χ4n) is 2.05. The summed E-state index contributed by atoms with van der Waals surface area (Å²) in [6, 6.07) is 4.21. The zero-order valence-corrected chi connectivity index (χ0v) is 13.9. The molecule has 0 fully saturated rings. The van der Waals surface area contributed by atoms with Crippen LogP contribution in [0, 0.1) is 13.8 Å². The van der Waals surface area contributed by atoms with Gasteiger partial charge < -0.3 is 9.84 Å². The van der Waals surface area contributed by atoms with E-state index < -0.39 is 0 Å². The second kappa shape index (κ2) is 6.50. The standard InChI is InChI=1S/C15H20BrN3O/c1-5-6-17-11(4)15-18-14(19-20-15)12-7-9(2)13(16)10(3)8-12/h7-8,11,17H,5-6H2,1-4H3. The predicted octanol–water partition coefficient (Wildman–Crippen LogP) is 4.18. The summed E-state index contributed by atoms with van der Waals surface area (Å²) >= 11 is 3.57. The zero-order valence-electron chi connectivity index (χ0n) is 12.3. The van der Waals surface area contributed by atoms with Crippen molar-refractivity contribution in [1.82, 2.24) is 15.5 Å². The molecule has 1 heterocycles. The fraction of sp³-hybridized carbons (Fsp3) is 0.467. The van der Waals surface area contributed by atoms with Crippen molar-refractivity contribution in [3.63, 3.8) is 0 Å². The Kier molecular flexibility index (Phi) is 4.94. The van der Waals surface area contributed by atoms with Crippen LogP contribution < -0.4 is 5.32 Å². The van der Waals surface area contributed by atoms with Crippen LogP contribution in [0.15, 0.2) is 21.1 Å². The third-order valence-corrected chi connectivity index (χ3v) is 4.46. The maximum atomic E-state index is 5.35. The Morgan fingerprint density at radius 1 is 1.30 bits per heavy atom. The summed E-state index contributed by atoms with van der Waals surface area (Å²) in [5.41, 5.74) is 3.33. The zero-order chi connectivity index (χ0) is 14.7. The Hall–Kier alpha value is -1.20. The first-order valence-electron chi connectivity index (χ1n) is 6.87. The molecule has 5 heteroatoms. The van der Waals surface area contributed by atoms with Gasteiger partial charge in [0.15, 0.2) is 0 Å². The molecule has 0 saturated heterocycles. The maximum Gasteiger partial charge on any atom is 0.243 e. The van der Waals surface area contributed by atoms with Crippen molar-refractivity contribution in [3.8, 4) is 11.4 Å². The molecular formula is C15H20BrN3O. The Bertz CT molecular complexity index is 572. The van der Waals surface area contributed by atoms with Crippen LogP contribution in [0.25, 0.3) is 11.4 Å². The molecule has 1 unspecified atom stereocenters. The molecule has 1 aromatic carbocycles. The molecule has 0 aliphatic heterocycles. The van der Waals surface area contributed by atoms with Gasteiger partial charge in [0, 0.05) is 10.0 Å². The van der Waals surface area contributed by atoms with E-state index in [1.54, 1.807) is 0 Å². The van der Waals surface area contributed by atoms with Crippen LogP contribution in [0.3, 0.4) is 0 Å². The van der Waals surface area contributed by atoms with Crippen LogP contribution in [-0.2, 0) is 0 Å². The number of hydrogen-bond donors (Lipinski definition) is 1. The van der Waals surface area contributed by atoms with E-state index in [9.17, 15) is 0 Å². The molecule has 2 rings (SSSR count). The number of rotatable bonds is 5. The molecule has 20 heavy (non-hydrogen) atoms. The molecule has 4 nitrogen and oxygen atoms in total. The molecule has 1 N–H and O–H groups in total. The van der Waals surface area contributed by atoms with Crippen LogP contribution in [0.5, 0.6) is 0 Å². The summed E-state index contributed by atoms with van der Waals surface area (Å²) in [6.07, 6.45) is 1.08. The number of halogens is 1. The second-order valence-electron chi connectivity index (χ2n) is 5.06. The molecule has 0 bridgehead atoms. The van der Waals surface area contributed by atoms with Crippen molar-refractivity contribution in [1.29, 1.82) is 0 Å². The number of nitrogens with zero attached hydrogens (tertiary/aromatic N) is 2. The largest absolute Gasteiger partial charge is 0.337 e. The summed E-state index contributed by atoms with van der Waals surface area (Å²) < 4.78 is 6.48. The molecule has 0 amide bonds. The third kappa shape index (κ3) is 3.27.